The second-order valence-electron chi connectivity index (χ2n) is 6.80. The number of rotatable bonds is 7. The first-order valence-corrected chi connectivity index (χ1v) is 9.75. The number of amides is 2. The lowest BCUT2D eigenvalue weighted by Gasteiger charge is -2.27. The fraction of sp³-hybridized carbons (Fsp3) is 0.400. The van der Waals surface area contributed by atoms with E-state index in [0.29, 0.717) is 25.9 Å². The van der Waals surface area contributed by atoms with Crippen LogP contribution in [0.4, 0.5) is 0 Å². The van der Waals surface area contributed by atoms with Crippen LogP contribution in [0.25, 0.3) is 0 Å². The standard InChI is InChI=1S/C20H25N3O2S/c1-22(2)17(18-9-6-12-26-18)13-21-20(25)16-10-11-19(24)23(16)14-15-7-4-3-5-8-15/h3-9,12,16-17H,10-11,13-14H2,1-2H3,(H,21,25). The molecule has 0 spiro atoms. The number of thiophene rings is 1. The summed E-state index contributed by atoms with van der Waals surface area (Å²) >= 11 is 1.69. The Morgan fingerprint density at radius 2 is 2.04 bits per heavy atom. The normalized spacial score (nSPS) is 18.3. The largest absolute Gasteiger partial charge is 0.352 e. The number of carbonyl (C=O) groups excluding carboxylic acids is 2. The highest BCUT2D eigenvalue weighted by molar-refractivity contribution is 7.10. The van der Waals surface area contributed by atoms with Gasteiger partial charge in [-0.1, -0.05) is 36.4 Å². The second kappa shape index (κ2) is 8.47. The van der Waals surface area contributed by atoms with E-state index in [1.165, 1.54) is 4.88 Å². The summed E-state index contributed by atoms with van der Waals surface area (Å²) in [7, 11) is 4.02. The molecule has 0 bridgehead atoms. The number of likely N-dealkylation sites (tertiary alicyclic amines) is 1. The molecule has 2 atom stereocenters. The van der Waals surface area contributed by atoms with Crippen LogP contribution in [0, 0.1) is 0 Å². The van der Waals surface area contributed by atoms with Crippen molar-refractivity contribution < 1.29 is 9.59 Å². The SMILES string of the molecule is CN(C)C(CNC(=O)C1CCC(=O)N1Cc1ccccc1)c1cccs1. The van der Waals surface area contributed by atoms with E-state index >= 15 is 0 Å². The molecule has 0 saturated carbocycles. The molecule has 5 nitrogen and oxygen atoms in total. The molecule has 1 saturated heterocycles. The first-order chi connectivity index (χ1) is 12.6. The number of hydrogen-bond acceptors (Lipinski definition) is 4. The van der Waals surface area contributed by atoms with Crippen LogP contribution >= 0.6 is 11.3 Å². The first-order valence-electron chi connectivity index (χ1n) is 8.87. The smallest absolute Gasteiger partial charge is 0.242 e. The summed E-state index contributed by atoms with van der Waals surface area (Å²) in [5.74, 6) is -0.00777. The average Bonchev–Trinajstić information content (AvgIpc) is 3.27. The molecule has 138 valence electrons. The summed E-state index contributed by atoms with van der Waals surface area (Å²) in [4.78, 5) is 30.1. The van der Waals surface area contributed by atoms with Crippen molar-refractivity contribution >= 4 is 23.2 Å². The molecule has 2 heterocycles. The molecule has 1 N–H and O–H groups in total. The Hall–Kier alpha value is -2.18. The van der Waals surface area contributed by atoms with Gasteiger partial charge >= 0.3 is 0 Å². The van der Waals surface area contributed by atoms with Crippen molar-refractivity contribution in [1.29, 1.82) is 0 Å². The molecule has 0 aliphatic carbocycles. The number of hydrogen-bond donors (Lipinski definition) is 1. The third-order valence-corrected chi connectivity index (χ3v) is 5.76. The molecule has 1 aliphatic rings. The third kappa shape index (κ3) is 4.31. The average molecular weight is 372 g/mol. The van der Waals surface area contributed by atoms with E-state index in [9.17, 15) is 9.59 Å². The number of nitrogens with zero attached hydrogens (tertiary/aromatic N) is 2. The molecule has 1 fully saturated rings. The van der Waals surface area contributed by atoms with Crippen molar-refractivity contribution in [2.75, 3.05) is 20.6 Å². The maximum Gasteiger partial charge on any atom is 0.242 e. The zero-order chi connectivity index (χ0) is 18.5. The van der Waals surface area contributed by atoms with E-state index in [4.69, 9.17) is 0 Å². The number of nitrogens with one attached hydrogen (secondary N) is 1. The molecular formula is C20H25N3O2S. The quantitative estimate of drug-likeness (QED) is 0.814. The molecule has 26 heavy (non-hydrogen) atoms. The summed E-state index contributed by atoms with van der Waals surface area (Å²) in [6, 6.07) is 13.7. The maximum absolute atomic E-state index is 12.8. The summed E-state index contributed by atoms with van der Waals surface area (Å²) < 4.78 is 0. The van der Waals surface area contributed by atoms with E-state index in [1.54, 1.807) is 16.2 Å². The van der Waals surface area contributed by atoms with Gasteiger partial charge in [-0.25, -0.2) is 0 Å². The van der Waals surface area contributed by atoms with Gasteiger partial charge in [0.05, 0.1) is 6.04 Å². The van der Waals surface area contributed by atoms with E-state index < -0.39 is 0 Å². The van der Waals surface area contributed by atoms with Crippen LogP contribution in [0.3, 0.4) is 0 Å². The molecular weight excluding hydrogens is 346 g/mol. The van der Waals surface area contributed by atoms with Crippen LogP contribution in [0.15, 0.2) is 47.8 Å². The zero-order valence-electron chi connectivity index (χ0n) is 15.2. The Morgan fingerprint density at radius 3 is 2.69 bits per heavy atom. The van der Waals surface area contributed by atoms with E-state index in [0.717, 1.165) is 5.56 Å². The van der Waals surface area contributed by atoms with Crippen molar-refractivity contribution in [1.82, 2.24) is 15.1 Å². The van der Waals surface area contributed by atoms with Crippen molar-refractivity contribution in [3.05, 3.63) is 58.3 Å². The molecule has 3 rings (SSSR count). The van der Waals surface area contributed by atoms with Gasteiger partial charge in [0.1, 0.15) is 6.04 Å². The maximum atomic E-state index is 12.8. The van der Waals surface area contributed by atoms with Crippen LogP contribution < -0.4 is 5.32 Å². The Kier molecular flexibility index (Phi) is 6.06. The fourth-order valence-electron chi connectivity index (χ4n) is 3.32. The lowest BCUT2D eigenvalue weighted by atomic mass is 10.1. The summed E-state index contributed by atoms with van der Waals surface area (Å²) in [5.41, 5.74) is 1.05. The van der Waals surface area contributed by atoms with Gasteiger partial charge in [-0.15, -0.1) is 11.3 Å². The highest BCUT2D eigenvalue weighted by Crippen LogP contribution is 2.24. The van der Waals surface area contributed by atoms with Crippen molar-refractivity contribution in [3.8, 4) is 0 Å². The molecule has 1 aliphatic heterocycles. The zero-order valence-corrected chi connectivity index (χ0v) is 16.0. The Balaban J connectivity index is 1.63. The van der Waals surface area contributed by atoms with Crippen molar-refractivity contribution in [2.45, 2.75) is 31.5 Å². The molecule has 2 unspecified atom stereocenters. The molecule has 0 radical (unpaired) electrons. The highest BCUT2D eigenvalue weighted by atomic mass is 32.1. The predicted octanol–water partition coefficient (Wildman–Crippen LogP) is 2.66. The monoisotopic (exact) mass is 371 g/mol. The molecule has 2 amide bonds. The van der Waals surface area contributed by atoms with Crippen LogP contribution in [0.1, 0.15) is 29.3 Å². The van der Waals surface area contributed by atoms with Crippen LogP contribution in [-0.4, -0.2) is 48.3 Å². The van der Waals surface area contributed by atoms with Gasteiger partial charge in [0, 0.05) is 24.4 Å². The number of likely N-dealkylation sites (N-methyl/N-ethyl adjacent to an activating group) is 1. The van der Waals surface area contributed by atoms with Gasteiger partial charge in [0.15, 0.2) is 0 Å². The minimum Gasteiger partial charge on any atom is -0.352 e. The van der Waals surface area contributed by atoms with Crippen LogP contribution in [-0.2, 0) is 16.1 Å². The van der Waals surface area contributed by atoms with Gasteiger partial charge in [0.2, 0.25) is 11.8 Å². The van der Waals surface area contributed by atoms with Gasteiger partial charge < -0.3 is 15.1 Å². The van der Waals surface area contributed by atoms with Gasteiger partial charge in [-0.05, 0) is 37.5 Å². The fourth-order valence-corrected chi connectivity index (χ4v) is 4.24. The minimum atomic E-state index is -0.381. The van der Waals surface area contributed by atoms with Crippen molar-refractivity contribution in [2.24, 2.45) is 0 Å². The number of benzene rings is 1. The van der Waals surface area contributed by atoms with Gasteiger partial charge in [0.25, 0.3) is 0 Å². The van der Waals surface area contributed by atoms with Crippen LogP contribution in [0.2, 0.25) is 0 Å². The van der Waals surface area contributed by atoms with E-state index in [2.05, 4.69) is 16.3 Å². The van der Waals surface area contributed by atoms with Gasteiger partial charge in [-0.2, -0.15) is 0 Å². The van der Waals surface area contributed by atoms with E-state index in [1.807, 2.05) is 55.9 Å². The Bertz CT molecular complexity index is 731. The highest BCUT2D eigenvalue weighted by Gasteiger charge is 2.36. The van der Waals surface area contributed by atoms with E-state index in [-0.39, 0.29) is 23.9 Å². The second-order valence-corrected chi connectivity index (χ2v) is 7.78. The lowest BCUT2D eigenvalue weighted by molar-refractivity contribution is -0.135. The lowest BCUT2D eigenvalue weighted by Crippen LogP contribution is -2.46. The summed E-state index contributed by atoms with van der Waals surface area (Å²) in [6.07, 6.45) is 1.02. The molecule has 1 aromatic carbocycles. The van der Waals surface area contributed by atoms with Gasteiger partial charge in [-0.3, -0.25) is 9.59 Å². The van der Waals surface area contributed by atoms with Crippen molar-refractivity contribution in [3.63, 3.8) is 0 Å². The number of carbonyl (C=O) groups is 2. The molecule has 2 aromatic rings. The predicted molar refractivity (Wildman–Crippen MR) is 104 cm³/mol. The third-order valence-electron chi connectivity index (χ3n) is 4.79. The van der Waals surface area contributed by atoms with Crippen LogP contribution in [0.5, 0.6) is 0 Å². The summed E-state index contributed by atoms with van der Waals surface area (Å²) in [5, 5.41) is 5.11. The Morgan fingerprint density at radius 1 is 1.27 bits per heavy atom. The first kappa shape index (κ1) is 18.6. The topological polar surface area (TPSA) is 52.7 Å². The molecule has 6 heteroatoms. The summed E-state index contributed by atoms with van der Waals surface area (Å²) in [6.45, 7) is 1.02. The minimum absolute atomic E-state index is 0.0522. The Labute approximate surface area is 158 Å². The molecule has 1 aromatic heterocycles.